The zero-order valence-corrected chi connectivity index (χ0v) is 17.5. The molecule has 7 heteroatoms. The number of amides is 1. The van der Waals surface area contributed by atoms with Gasteiger partial charge in [-0.3, -0.25) is 0 Å². The molecule has 160 valence electrons. The maximum atomic E-state index is 13.4. The van der Waals surface area contributed by atoms with Crippen LogP contribution in [0.25, 0.3) is 11.5 Å². The van der Waals surface area contributed by atoms with Gasteiger partial charge in [-0.25, -0.2) is 9.18 Å². The minimum absolute atomic E-state index is 0.180. The lowest BCUT2D eigenvalue weighted by Crippen LogP contribution is -2.48. The molecule has 3 aromatic rings. The van der Waals surface area contributed by atoms with Crippen molar-refractivity contribution in [3.63, 3.8) is 0 Å². The second-order valence-electron chi connectivity index (χ2n) is 7.73. The molecule has 4 rings (SSSR count). The van der Waals surface area contributed by atoms with Crippen LogP contribution >= 0.6 is 0 Å². The Morgan fingerprint density at radius 1 is 1.19 bits per heavy atom. The number of ether oxygens (including phenoxy) is 1. The third-order valence-electron chi connectivity index (χ3n) is 5.75. The van der Waals surface area contributed by atoms with Crippen molar-refractivity contribution in [2.24, 2.45) is 0 Å². The average Bonchev–Trinajstić information content (AvgIpc) is 3.20. The lowest BCUT2D eigenvalue weighted by molar-refractivity contribution is -0.0588. The summed E-state index contributed by atoms with van der Waals surface area (Å²) < 4.78 is 24.8. The lowest BCUT2D eigenvalue weighted by atomic mass is 9.85. The van der Waals surface area contributed by atoms with Gasteiger partial charge < -0.3 is 14.1 Å². The van der Waals surface area contributed by atoms with E-state index in [0.717, 1.165) is 16.7 Å². The fourth-order valence-electron chi connectivity index (χ4n) is 3.97. The van der Waals surface area contributed by atoms with Gasteiger partial charge in [0.1, 0.15) is 11.4 Å². The van der Waals surface area contributed by atoms with Gasteiger partial charge in [-0.15, -0.1) is 16.8 Å². The van der Waals surface area contributed by atoms with Gasteiger partial charge in [-0.2, -0.15) is 0 Å². The molecule has 0 saturated carbocycles. The van der Waals surface area contributed by atoms with E-state index in [1.54, 1.807) is 30.0 Å². The van der Waals surface area contributed by atoms with E-state index >= 15 is 0 Å². The zero-order chi connectivity index (χ0) is 22.0. The Bertz CT molecular complexity index is 1080. The van der Waals surface area contributed by atoms with Gasteiger partial charge in [0.2, 0.25) is 11.8 Å². The molecule has 2 heterocycles. The van der Waals surface area contributed by atoms with Crippen LogP contribution in [-0.2, 0) is 10.3 Å². The molecule has 0 bridgehead atoms. The molecule has 6 nitrogen and oxygen atoms in total. The maximum Gasteiger partial charge on any atom is 0.411 e. The van der Waals surface area contributed by atoms with Crippen LogP contribution in [0, 0.1) is 12.7 Å². The van der Waals surface area contributed by atoms with E-state index in [9.17, 15) is 9.18 Å². The second kappa shape index (κ2) is 8.34. The topological polar surface area (TPSA) is 68.5 Å². The van der Waals surface area contributed by atoms with Gasteiger partial charge >= 0.3 is 6.09 Å². The highest BCUT2D eigenvalue weighted by molar-refractivity contribution is 5.70. The third kappa shape index (κ3) is 4.08. The Labute approximate surface area is 180 Å². The molecule has 2 aromatic carbocycles. The molecule has 0 spiro atoms. The van der Waals surface area contributed by atoms with Gasteiger partial charge in [0, 0.05) is 31.9 Å². The first-order valence-corrected chi connectivity index (χ1v) is 10.2. The van der Waals surface area contributed by atoms with Gasteiger partial charge in [0.05, 0.1) is 6.04 Å². The number of nitrogens with zero attached hydrogens (tertiary/aromatic N) is 3. The molecule has 0 aliphatic carbocycles. The van der Waals surface area contributed by atoms with Gasteiger partial charge in [0.25, 0.3) is 0 Å². The Morgan fingerprint density at radius 2 is 1.90 bits per heavy atom. The number of hydrogen-bond acceptors (Lipinski definition) is 5. The summed E-state index contributed by atoms with van der Waals surface area (Å²) in [7, 11) is 0. The highest BCUT2D eigenvalue weighted by Crippen LogP contribution is 2.40. The van der Waals surface area contributed by atoms with Crippen molar-refractivity contribution >= 4 is 6.09 Å². The van der Waals surface area contributed by atoms with Crippen LogP contribution in [0.5, 0.6) is 0 Å². The van der Waals surface area contributed by atoms with E-state index in [4.69, 9.17) is 9.15 Å². The summed E-state index contributed by atoms with van der Waals surface area (Å²) in [5, 5.41) is 7.88. The number of aromatic nitrogens is 2. The predicted molar refractivity (Wildman–Crippen MR) is 114 cm³/mol. The summed E-state index contributed by atoms with van der Waals surface area (Å²) in [6.45, 7) is 8.02. The van der Waals surface area contributed by atoms with Crippen LogP contribution in [0.3, 0.4) is 0 Å². The van der Waals surface area contributed by atoms with Crippen LogP contribution in [0.15, 0.2) is 65.6 Å². The number of carbonyl (C=O) groups excluding carboxylic acids is 1. The van der Waals surface area contributed by atoms with Crippen LogP contribution in [0.1, 0.15) is 42.8 Å². The molecule has 1 amide bonds. The SMILES string of the molecule is C=CC[C@]1(c2ccc(F)cc2)CCN([C@@H](C)c2ccc(-c3nnc(C)o3)cc2)C(=O)O1. The van der Waals surface area contributed by atoms with E-state index in [-0.39, 0.29) is 11.9 Å². The summed E-state index contributed by atoms with van der Waals surface area (Å²) >= 11 is 0. The maximum absolute atomic E-state index is 13.4. The number of rotatable bonds is 6. The highest BCUT2D eigenvalue weighted by atomic mass is 19.1. The number of halogens is 1. The largest absolute Gasteiger partial charge is 0.437 e. The molecule has 0 radical (unpaired) electrons. The first kappa shape index (κ1) is 20.8. The average molecular weight is 421 g/mol. The number of aryl methyl sites for hydroxylation is 1. The number of carbonyl (C=O) groups is 1. The van der Waals surface area contributed by atoms with Gasteiger partial charge in [-0.05, 0) is 42.3 Å². The normalized spacial score (nSPS) is 19.7. The van der Waals surface area contributed by atoms with E-state index in [0.29, 0.717) is 31.2 Å². The van der Waals surface area contributed by atoms with Gasteiger partial charge in [-0.1, -0.05) is 30.3 Å². The molecule has 1 aliphatic rings. The number of cyclic esters (lactones) is 1. The quantitative estimate of drug-likeness (QED) is 0.488. The summed E-state index contributed by atoms with van der Waals surface area (Å²) in [5.41, 5.74) is 1.73. The van der Waals surface area contributed by atoms with Crippen molar-refractivity contribution in [3.05, 3.63) is 84.0 Å². The van der Waals surface area contributed by atoms with Crippen molar-refractivity contribution in [2.45, 2.75) is 38.3 Å². The molecule has 31 heavy (non-hydrogen) atoms. The zero-order valence-electron chi connectivity index (χ0n) is 17.5. The summed E-state index contributed by atoms with van der Waals surface area (Å²) in [4.78, 5) is 14.7. The third-order valence-corrected chi connectivity index (χ3v) is 5.75. The van der Waals surface area contributed by atoms with E-state index < -0.39 is 11.7 Å². The molecular weight excluding hydrogens is 397 g/mol. The minimum atomic E-state index is -0.831. The smallest absolute Gasteiger partial charge is 0.411 e. The molecular formula is C24H24FN3O3. The monoisotopic (exact) mass is 421 g/mol. The molecule has 0 unspecified atom stereocenters. The van der Waals surface area contributed by atoms with Crippen LogP contribution in [0.4, 0.5) is 9.18 Å². The fraction of sp³-hybridized carbons (Fsp3) is 0.292. The molecule has 1 aliphatic heterocycles. The van der Waals surface area contributed by atoms with Crippen molar-refractivity contribution < 1.29 is 18.3 Å². The fourth-order valence-corrected chi connectivity index (χ4v) is 3.97. The molecule has 1 fully saturated rings. The summed E-state index contributed by atoms with van der Waals surface area (Å²) in [5.74, 6) is 0.643. The summed E-state index contributed by atoms with van der Waals surface area (Å²) in [6, 6.07) is 13.6. The minimum Gasteiger partial charge on any atom is -0.437 e. The van der Waals surface area contributed by atoms with E-state index in [2.05, 4.69) is 16.8 Å². The predicted octanol–water partition coefficient (Wildman–Crippen LogP) is 5.56. The van der Waals surface area contributed by atoms with Crippen LogP contribution in [0.2, 0.25) is 0 Å². The van der Waals surface area contributed by atoms with Crippen molar-refractivity contribution in [1.29, 1.82) is 0 Å². The number of hydrogen-bond donors (Lipinski definition) is 0. The van der Waals surface area contributed by atoms with E-state index in [1.807, 2.05) is 31.2 Å². The molecule has 1 saturated heterocycles. The Kier molecular flexibility index (Phi) is 5.59. The van der Waals surface area contributed by atoms with Crippen LogP contribution < -0.4 is 0 Å². The Morgan fingerprint density at radius 3 is 2.48 bits per heavy atom. The standard InChI is InChI=1S/C24H24FN3O3/c1-4-13-24(20-9-11-21(25)12-10-20)14-15-28(23(29)31-24)16(2)18-5-7-19(8-6-18)22-27-26-17(3)30-22/h4-12,16H,1,13-15H2,2-3H3/t16-,24+/m0/s1. The van der Waals surface area contributed by atoms with Crippen LogP contribution in [-0.4, -0.2) is 27.7 Å². The first-order valence-electron chi connectivity index (χ1n) is 10.2. The highest BCUT2D eigenvalue weighted by Gasteiger charge is 2.42. The van der Waals surface area contributed by atoms with E-state index in [1.165, 1.54) is 12.1 Å². The molecule has 1 aromatic heterocycles. The first-order chi connectivity index (χ1) is 14.9. The lowest BCUT2D eigenvalue weighted by Gasteiger charge is -2.43. The summed E-state index contributed by atoms with van der Waals surface area (Å²) in [6.07, 6.45) is 2.38. The Balaban J connectivity index is 1.51. The molecule has 2 atom stereocenters. The number of benzene rings is 2. The van der Waals surface area contributed by atoms with Gasteiger partial charge in [0.15, 0.2) is 0 Å². The van der Waals surface area contributed by atoms with Crippen molar-refractivity contribution in [3.8, 4) is 11.5 Å². The second-order valence-corrected chi connectivity index (χ2v) is 7.73. The molecule has 0 N–H and O–H groups in total. The Hall–Kier alpha value is -3.48. The van der Waals surface area contributed by atoms with Crippen molar-refractivity contribution in [2.75, 3.05) is 6.54 Å². The van der Waals surface area contributed by atoms with Crippen molar-refractivity contribution in [1.82, 2.24) is 15.1 Å².